The maximum absolute atomic E-state index is 14.2. The van der Waals surface area contributed by atoms with Gasteiger partial charge in [0.25, 0.3) is 0 Å². The van der Waals surface area contributed by atoms with Crippen molar-refractivity contribution in [3.63, 3.8) is 0 Å². The number of carbonyl (C=O) groups is 2. The Kier molecular flexibility index (Phi) is 3.40. The monoisotopic (exact) mass is 377 g/mol. The highest BCUT2D eigenvalue weighted by Crippen LogP contribution is 2.47. The Morgan fingerprint density at radius 2 is 1.68 bits per heavy atom. The highest BCUT2D eigenvalue weighted by Gasteiger charge is 2.42. The van der Waals surface area contributed by atoms with E-state index in [0.29, 0.717) is 11.1 Å². The molecular formula is C22H13F2NO3. The molecule has 3 aromatic rings. The molecule has 2 unspecified atom stereocenters. The summed E-state index contributed by atoms with van der Waals surface area (Å²) >= 11 is 0. The van der Waals surface area contributed by atoms with Gasteiger partial charge in [0.05, 0.1) is 17.5 Å². The first-order chi connectivity index (χ1) is 13.4. The lowest BCUT2D eigenvalue weighted by Crippen LogP contribution is -2.44. The average molecular weight is 377 g/mol. The molecule has 2 heterocycles. The fourth-order valence-electron chi connectivity index (χ4n) is 4.20. The summed E-state index contributed by atoms with van der Waals surface area (Å²) < 4.78 is 27.4. The number of aromatic carboxylic acids is 1. The molecule has 4 nitrogen and oxygen atoms in total. The van der Waals surface area contributed by atoms with Crippen LogP contribution in [0.5, 0.6) is 0 Å². The summed E-state index contributed by atoms with van der Waals surface area (Å²) in [6.45, 7) is 0. The minimum atomic E-state index is -1.05. The van der Waals surface area contributed by atoms with Gasteiger partial charge < -0.3 is 10.4 Å². The van der Waals surface area contributed by atoms with Gasteiger partial charge >= 0.3 is 5.97 Å². The Balaban J connectivity index is 1.67. The largest absolute Gasteiger partial charge is 0.478 e. The number of benzene rings is 3. The van der Waals surface area contributed by atoms with E-state index >= 15 is 0 Å². The van der Waals surface area contributed by atoms with E-state index < -0.39 is 29.6 Å². The van der Waals surface area contributed by atoms with Crippen molar-refractivity contribution >= 4 is 11.9 Å². The van der Waals surface area contributed by atoms with E-state index in [9.17, 15) is 23.5 Å². The van der Waals surface area contributed by atoms with Gasteiger partial charge in [-0.05, 0) is 58.1 Å². The van der Waals surface area contributed by atoms with Crippen molar-refractivity contribution < 1.29 is 23.5 Å². The zero-order valence-electron chi connectivity index (χ0n) is 14.4. The van der Waals surface area contributed by atoms with Gasteiger partial charge in [-0.1, -0.05) is 18.2 Å². The van der Waals surface area contributed by atoms with Crippen LogP contribution in [0.2, 0.25) is 0 Å². The van der Waals surface area contributed by atoms with E-state index in [1.165, 1.54) is 18.2 Å². The lowest BCUT2D eigenvalue weighted by atomic mass is 9.70. The third-order valence-electron chi connectivity index (χ3n) is 5.46. The molecular weight excluding hydrogens is 364 g/mol. The van der Waals surface area contributed by atoms with Crippen LogP contribution < -0.4 is 5.32 Å². The normalized spacial score (nSPS) is 19.0. The molecule has 3 aliphatic rings. The number of carboxylic acid groups (broad SMARTS) is 1. The van der Waals surface area contributed by atoms with Gasteiger partial charge in [0, 0.05) is 11.6 Å². The third kappa shape index (κ3) is 2.27. The molecule has 3 aromatic carbocycles. The summed E-state index contributed by atoms with van der Waals surface area (Å²) in [6, 6.07) is 13.0. The van der Waals surface area contributed by atoms with Crippen molar-refractivity contribution in [3.05, 3.63) is 94.0 Å². The van der Waals surface area contributed by atoms with Crippen molar-refractivity contribution in [3.8, 4) is 11.1 Å². The topological polar surface area (TPSA) is 66.4 Å². The second kappa shape index (κ2) is 5.73. The second-order valence-electron chi connectivity index (χ2n) is 6.99. The summed E-state index contributed by atoms with van der Waals surface area (Å²) in [6.07, 6.45) is 0. The summed E-state index contributed by atoms with van der Waals surface area (Å²) in [5.41, 5.74) is 4.11. The molecule has 138 valence electrons. The van der Waals surface area contributed by atoms with E-state index in [-0.39, 0.29) is 17.0 Å². The fraction of sp³-hybridized carbons (Fsp3) is 0.0909. The van der Waals surface area contributed by atoms with Crippen LogP contribution in [0.1, 0.15) is 44.6 Å². The standard InChI is InChI=1S/C22H13F2NO3/c23-12-3-6-13(18(24)9-12)10-1-4-14-17(7-10)20-15-5-2-11(22(27)28)8-16(15)19(14)21(26)25-20/h1-9,19-20H,(H,25,26)(H,27,28). The molecule has 2 bridgehead atoms. The van der Waals surface area contributed by atoms with Gasteiger partial charge in [-0.2, -0.15) is 0 Å². The van der Waals surface area contributed by atoms with Crippen molar-refractivity contribution in [1.29, 1.82) is 0 Å². The zero-order chi connectivity index (χ0) is 19.6. The van der Waals surface area contributed by atoms with Gasteiger partial charge in [0.1, 0.15) is 11.6 Å². The number of amides is 1. The van der Waals surface area contributed by atoms with E-state index in [1.54, 1.807) is 30.3 Å². The van der Waals surface area contributed by atoms with Crippen LogP contribution in [0.4, 0.5) is 8.78 Å². The first-order valence-corrected chi connectivity index (χ1v) is 8.71. The van der Waals surface area contributed by atoms with E-state index in [4.69, 9.17) is 0 Å². The minimum absolute atomic E-state index is 0.130. The average Bonchev–Trinajstić information content (AvgIpc) is 2.67. The molecule has 0 saturated carbocycles. The number of carboxylic acids is 1. The Morgan fingerprint density at radius 1 is 0.893 bits per heavy atom. The quantitative estimate of drug-likeness (QED) is 0.710. The maximum Gasteiger partial charge on any atom is 0.335 e. The number of halogens is 2. The molecule has 6 rings (SSSR count). The fourth-order valence-corrected chi connectivity index (χ4v) is 4.20. The Bertz CT molecular complexity index is 1190. The number of hydrogen-bond donors (Lipinski definition) is 2. The van der Waals surface area contributed by atoms with Crippen LogP contribution >= 0.6 is 0 Å². The van der Waals surface area contributed by atoms with Crippen LogP contribution in [0.3, 0.4) is 0 Å². The van der Waals surface area contributed by atoms with Crippen LogP contribution in [0.25, 0.3) is 11.1 Å². The zero-order valence-corrected chi connectivity index (χ0v) is 14.4. The van der Waals surface area contributed by atoms with Gasteiger partial charge in [-0.25, -0.2) is 13.6 Å². The number of carbonyl (C=O) groups excluding carboxylic acids is 1. The van der Waals surface area contributed by atoms with Gasteiger partial charge in [-0.3, -0.25) is 4.79 Å². The molecule has 1 amide bonds. The maximum atomic E-state index is 14.2. The van der Waals surface area contributed by atoms with E-state index in [1.807, 2.05) is 0 Å². The van der Waals surface area contributed by atoms with Crippen molar-refractivity contribution in [2.75, 3.05) is 0 Å². The summed E-state index contributed by atoms with van der Waals surface area (Å²) in [4.78, 5) is 23.9. The molecule has 2 atom stereocenters. The Hall–Kier alpha value is -3.54. The number of nitrogens with one attached hydrogen (secondary N) is 1. The molecule has 1 aliphatic carbocycles. The lowest BCUT2D eigenvalue weighted by Gasteiger charge is -2.40. The SMILES string of the molecule is O=C(O)c1ccc2c(c1)C1C(=O)NC2c2cc(-c3ccc(F)cc3F)ccc21. The van der Waals surface area contributed by atoms with E-state index in [2.05, 4.69) is 5.32 Å². The van der Waals surface area contributed by atoms with Gasteiger partial charge in [-0.15, -0.1) is 0 Å². The Labute approximate surface area is 158 Å². The van der Waals surface area contributed by atoms with Crippen molar-refractivity contribution in [2.45, 2.75) is 12.0 Å². The number of hydrogen-bond acceptors (Lipinski definition) is 2. The molecule has 0 fully saturated rings. The van der Waals surface area contributed by atoms with Gasteiger partial charge in [0.15, 0.2) is 0 Å². The van der Waals surface area contributed by atoms with Crippen molar-refractivity contribution in [1.82, 2.24) is 5.32 Å². The van der Waals surface area contributed by atoms with Crippen molar-refractivity contribution in [2.24, 2.45) is 0 Å². The smallest absolute Gasteiger partial charge is 0.335 e. The van der Waals surface area contributed by atoms with Crippen LogP contribution in [0.15, 0.2) is 54.6 Å². The molecule has 2 aliphatic heterocycles. The third-order valence-corrected chi connectivity index (χ3v) is 5.46. The summed E-state index contributed by atoms with van der Waals surface area (Å²) in [5, 5.41) is 12.2. The lowest BCUT2D eigenvalue weighted by molar-refractivity contribution is -0.123. The van der Waals surface area contributed by atoms with Crippen LogP contribution in [-0.2, 0) is 4.79 Å². The first-order valence-electron chi connectivity index (χ1n) is 8.71. The van der Waals surface area contributed by atoms with Gasteiger partial charge in [0.2, 0.25) is 5.91 Å². The second-order valence-corrected chi connectivity index (χ2v) is 6.99. The molecule has 6 heteroatoms. The molecule has 0 spiro atoms. The predicted molar refractivity (Wildman–Crippen MR) is 97.0 cm³/mol. The minimum Gasteiger partial charge on any atom is -0.478 e. The molecule has 2 N–H and O–H groups in total. The van der Waals surface area contributed by atoms with E-state index in [0.717, 1.165) is 22.8 Å². The summed E-state index contributed by atoms with van der Waals surface area (Å²) in [5.74, 6) is -3.15. The number of fused-ring (bicyclic) bond motifs is 1. The predicted octanol–water partition coefficient (Wildman–Crippen LogP) is 3.99. The number of rotatable bonds is 2. The van der Waals surface area contributed by atoms with Crippen LogP contribution in [-0.4, -0.2) is 17.0 Å². The first kappa shape index (κ1) is 16.6. The molecule has 28 heavy (non-hydrogen) atoms. The summed E-state index contributed by atoms with van der Waals surface area (Å²) in [7, 11) is 0. The Morgan fingerprint density at radius 3 is 2.43 bits per heavy atom. The molecule has 0 radical (unpaired) electrons. The molecule has 0 saturated heterocycles. The highest BCUT2D eigenvalue weighted by molar-refractivity contribution is 5.95. The molecule has 0 aromatic heterocycles. The van der Waals surface area contributed by atoms with Crippen LogP contribution in [0, 0.1) is 11.6 Å². The highest BCUT2D eigenvalue weighted by atomic mass is 19.1.